The largest absolute Gasteiger partial charge is 0.573 e. The minimum Gasteiger partial charge on any atom is -0.444 e. The number of carbonyl (C=O) groups excluding carboxylic acids is 1. The summed E-state index contributed by atoms with van der Waals surface area (Å²) in [5.41, 5.74) is 0.297. The van der Waals surface area contributed by atoms with E-state index in [-0.39, 0.29) is 11.8 Å². The summed E-state index contributed by atoms with van der Waals surface area (Å²) in [7, 11) is 0. The number of alkyl carbamates (subject to hydrolysis) is 1. The summed E-state index contributed by atoms with van der Waals surface area (Å²) in [6, 6.07) is 4.17. The monoisotopic (exact) mass is 438 g/mol. The second-order valence-corrected chi connectivity index (χ2v) is 8.02. The number of hydrogen-bond acceptors (Lipinski definition) is 4. The number of rotatable bonds is 4. The lowest BCUT2D eigenvalue weighted by atomic mass is 10.2. The summed E-state index contributed by atoms with van der Waals surface area (Å²) in [6.45, 7) is 7.38. The van der Waals surface area contributed by atoms with E-state index in [9.17, 15) is 18.0 Å². The van der Waals surface area contributed by atoms with Crippen molar-refractivity contribution in [2.24, 2.45) is 0 Å². The fourth-order valence-electron chi connectivity index (χ4n) is 2.66. The lowest BCUT2D eigenvalue weighted by Crippen LogP contribution is -2.40. The smallest absolute Gasteiger partial charge is 0.444 e. The van der Waals surface area contributed by atoms with Gasteiger partial charge < -0.3 is 14.8 Å². The molecule has 0 saturated carbocycles. The Morgan fingerprint density at radius 2 is 2.04 bits per heavy atom. The molecule has 0 aliphatic carbocycles. The first-order valence-corrected chi connectivity index (χ1v) is 8.96. The fraction of sp³-hybridized carbons (Fsp3) is 0.588. The Morgan fingerprint density at radius 3 is 2.62 bits per heavy atom. The van der Waals surface area contributed by atoms with Crippen LogP contribution >= 0.6 is 15.9 Å². The number of likely N-dealkylation sites (tertiary alicyclic amines) is 1. The van der Waals surface area contributed by atoms with E-state index in [0.717, 1.165) is 18.5 Å². The Bertz CT molecular complexity index is 647. The van der Waals surface area contributed by atoms with Crippen LogP contribution in [0.1, 0.15) is 32.8 Å². The highest BCUT2D eigenvalue weighted by Crippen LogP contribution is 2.29. The van der Waals surface area contributed by atoms with Gasteiger partial charge in [-0.2, -0.15) is 0 Å². The van der Waals surface area contributed by atoms with Gasteiger partial charge in [0.25, 0.3) is 0 Å². The molecule has 0 aromatic heterocycles. The van der Waals surface area contributed by atoms with Gasteiger partial charge in [-0.1, -0.05) is 22.0 Å². The molecule has 1 aliphatic rings. The van der Waals surface area contributed by atoms with Crippen molar-refractivity contribution in [2.75, 3.05) is 13.1 Å². The first-order valence-electron chi connectivity index (χ1n) is 8.17. The molecule has 26 heavy (non-hydrogen) atoms. The van der Waals surface area contributed by atoms with E-state index in [1.165, 1.54) is 12.1 Å². The third-order valence-corrected chi connectivity index (χ3v) is 4.38. The Hall–Kier alpha value is -1.48. The Morgan fingerprint density at radius 1 is 1.35 bits per heavy atom. The fourth-order valence-corrected chi connectivity index (χ4v) is 3.15. The van der Waals surface area contributed by atoms with Gasteiger partial charge in [0, 0.05) is 30.1 Å². The minimum absolute atomic E-state index is 0.0172. The third kappa shape index (κ3) is 7.03. The molecular formula is C17H22BrF3N2O3. The van der Waals surface area contributed by atoms with Crippen molar-refractivity contribution >= 4 is 22.0 Å². The molecule has 1 aromatic carbocycles. The van der Waals surface area contributed by atoms with Gasteiger partial charge >= 0.3 is 12.5 Å². The molecule has 1 heterocycles. The lowest BCUT2D eigenvalue weighted by molar-refractivity contribution is -0.274. The molecule has 9 heteroatoms. The molecule has 1 saturated heterocycles. The molecule has 1 fully saturated rings. The van der Waals surface area contributed by atoms with Crippen LogP contribution in [-0.4, -0.2) is 42.1 Å². The van der Waals surface area contributed by atoms with Gasteiger partial charge in [-0.05, 0) is 44.9 Å². The number of halogens is 4. The zero-order valence-corrected chi connectivity index (χ0v) is 16.4. The maximum atomic E-state index is 12.3. The standard InChI is InChI=1S/C17H22BrF3N2O3/c1-16(2,3)26-15(24)22-12-6-7-23(10-12)9-11-4-5-13(8-14(11)18)25-17(19,20)21/h4-5,8,12H,6-7,9-10H2,1-3H3,(H,22,24)/t12-/m1/s1. The molecule has 1 aliphatic heterocycles. The van der Waals surface area contributed by atoms with Gasteiger partial charge in [0.2, 0.25) is 0 Å². The number of nitrogens with one attached hydrogen (secondary N) is 1. The molecule has 0 unspecified atom stereocenters. The molecule has 146 valence electrons. The van der Waals surface area contributed by atoms with Crippen LogP contribution in [0.4, 0.5) is 18.0 Å². The maximum Gasteiger partial charge on any atom is 0.573 e. The van der Waals surface area contributed by atoms with Crippen molar-refractivity contribution < 1.29 is 27.4 Å². The van der Waals surface area contributed by atoms with Crippen molar-refractivity contribution in [3.63, 3.8) is 0 Å². The van der Waals surface area contributed by atoms with Crippen molar-refractivity contribution in [1.82, 2.24) is 10.2 Å². The van der Waals surface area contributed by atoms with Crippen LogP contribution in [0.25, 0.3) is 0 Å². The quantitative estimate of drug-likeness (QED) is 0.754. The van der Waals surface area contributed by atoms with Gasteiger partial charge in [-0.3, -0.25) is 4.90 Å². The summed E-state index contributed by atoms with van der Waals surface area (Å²) in [5.74, 6) is -0.265. The maximum absolute atomic E-state index is 12.3. The number of benzene rings is 1. The van der Waals surface area contributed by atoms with Gasteiger partial charge in [0.05, 0.1) is 0 Å². The molecule has 0 radical (unpaired) electrons. The van der Waals surface area contributed by atoms with E-state index in [1.54, 1.807) is 26.8 Å². The topological polar surface area (TPSA) is 50.8 Å². The number of alkyl halides is 3. The van der Waals surface area contributed by atoms with Crippen molar-refractivity contribution in [1.29, 1.82) is 0 Å². The van der Waals surface area contributed by atoms with E-state index in [2.05, 4.69) is 30.9 Å². The van der Waals surface area contributed by atoms with Crippen molar-refractivity contribution in [3.8, 4) is 5.75 Å². The number of carbonyl (C=O) groups is 1. The molecule has 1 aromatic rings. The van der Waals surface area contributed by atoms with Gasteiger partial charge in [-0.25, -0.2) is 4.79 Å². The first kappa shape index (κ1) is 20.8. The van der Waals surface area contributed by atoms with E-state index < -0.39 is 18.1 Å². The summed E-state index contributed by atoms with van der Waals surface area (Å²) in [5, 5.41) is 2.84. The van der Waals surface area contributed by atoms with Crippen molar-refractivity contribution in [3.05, 3.63) is 28.2 Å². The summed E-state index contributed by atoms with van der Waals surface area (Å²) in [6.07, 6.45) is -4.37. The normalized spacial score (nSPS) is 18.7. The highest BCUT2D eigenvalue weighted by Gasteiger charge is 2.31. The average molecular weight is 439 g/mol. The molecule has 1 atom stereocenters. The second kappa shape index (κ2) is 8.04. The van der Waals surface area contributed by atoms with E-state index >= 15 is 0 Å². The summed E-state index contributed by atoms with van der Waals surface area (Å²) < 4.78 is 46.5. The highest BCUT2D eigenvalue weighted by atomic mass is 79.9. The van der Waals surface area contributed by atoms with Crippen LogP contribution in [0.3, 0.4) is 0 Å². The van der Waals surface area contributed by atoms with Crippen LogP contribution < -0.4 is 10.1 Å². The highest BCUT2D eigenvalue weighted by molar-refractivity contribution is 9.10. The van der Waals surface area contributed by atoms with Crippen LogP contribution in [0, 0.1) is 0 Å². The van der Waals surface area contributed by atoms with E-state index in [1.807, 2.05) is 0 Å². The Balaban J connectivity index is 1.87. The molecule has 1 N–H and O–H groups in total. The van der Waals surface area contributed by atoms with Crippen LogP contribution in [-0.2, 0) is 11.3 Å². The van der Waals surface area contributed by atoms with Gasteiger partial charge in [0.15, 0.2) is 0 Å². The van der Waals surface area contributed by atoms with Crippen LogP contribution in [0.15, 0.2) is 22.7 Å². The Kier molecular flexibility index (Phi) is 6.44. The average Bonchev–Trinajstić information content (AvgIpc) is 2.85. The number of nitrogens with zero attached hydrogens (tertiary/aromatic N) is 1. The zero-order chi connectivity index (χ0) is 19.5. The molecular weight excluding hydrogens is 417 g/mol. The summed E-state index contributed by atoms with van der Waals surface area (Å²) in [4.78, 5) is 13.9. The predicted octanol–water partition coefficient (Wildman–Crippen LogP) is 4.45. The van der Waals surface area contributed by atoms with E-state index in [4.69, 9.17) is 4.74 Å². The number of ether oxygens (including phenoxy) is 2. The SMILES string of the molecule is CC(C)(C)OC(=O)N[C@@H]1CCN(Cc2ccc(OC(F)(F)F)cc2Br)C1. The zero-order valence-electron chi connectivity index (χ0n) is 14.8. The number of hydrogen-bond donors (Lipinski definition) is 1. The molecule has 0 spiro atoms. The minimum atomic E-state index is -4.71. The van der Waals surface area contributed by atoms with Crippen LogP contribution in [0.2, 0.25) is 0 Å². The lowest BCUT2D eigenvalue weighted by Gasteiger charge is -2.22. The second-order valence-electron chi connectivity index (χ2n) is 7.17. The summed E-state index contributed by atoms with van der Waals surface area (Å²) >= 11 is 3.29. The molecule has 5 nitrogen and oxygen atoms in total. The van der Waals surface area contributed by atoms with Gasteiger partial charge in [-0.15, -0.1) is 13.2 Å². The molecule has 2 rings (SSSR count). The molecule has 1 amide bonds. The third-order valence-electron chi connectivity index (χ3n) is 3.65. The van der Waals surface area contributed by atoms with E-state index in [0.29, 0.717) is 17.6 Å². The first-order chi connectivity index (χ1) is 11.9. The van der Waals surface area contributed by atoms with Gasteiger partial charge in [0.1, 0.15) is 11.4 Å². The van der Waals surface area contributed by atoms with Crippen molar-refractivity contribution in [2.45, 2.75) is 51.7 Å². The molecule has 0 bridgehead atoms. The number of amides is 1. The predicted molar refractivity (Wildman–Crippen MR) is 93.9 cm³/mol. The van der Waals surface area contributed by atoms with Crippen LogP contribution in [0.5, 0.6) is 5.75 Å². The Labute approximate surface area is 159 Å².